The molecular weight excluding hydrogens is 273 g/mol. The Morgan fingerprint density at radius 1 is 1.56 bits per heavy atom. The first-order chi connectivity index (χ1) is 7.56. The highest BCUT2D eigenvalue weighted by molar-refractivity contribution is 9.10. The molecular formula is C11H13BrFN3. The Labute approximate surface area is 102 Å². The molecule has 0 saturated heterocycles. The van der Waals surface area contributed by atoms with Crippen LogP contribution in [0.2, 0.25) is 0 Å². The summed E-state index contributed by atoms with van der Waals surface area (Å²) < 4.78 is 13.6. The second-order valence-corrected chi connectivity index (χ2v) is 4.81. The zero-order valence-electron chi connectivity index (χ0n) is 8.93. The van der Waals surface area contributed by atoms with Crippen LogP contribution in [0, 0.1) is 12.7 Å². The van der Waals surface area contributed by atoms with E-state index in [4.69, 9.17) is 5.73 Å². The Morgan fingerprint density at radius 3 is 2.88 bits per heavy atom. The lowest BCUT2D eigenvalue weighted by Gasteiger charge is -2.09. The lowest BCUT2D eigenvalue weighted by molar-refractivity contribution is 0.620. The van der Waals surface area contributed by atoms with Gasteiger partial charge >= 0.3 is 0 Å². The molecule has 86 valence electrons. The fourth-order valence-electron chi connectivity index (χ4n) is 1.35. The summed E-state index contributed by atoms with van der Waals surface area (Å²) in [7, 11) is 0. The van der Waals surface area contributed by atoms with E-state index < -0.39 is 0 Å². The first-order valence-corrected chi connectivity index (χ1v) is 5.91. The number of halogens is 2. The SMILES string of the molecule is Cc1cc(F)c(Br)cc1NC(N)=NC1CC1. The fourth-order valence-corrected chi connectivity index (χ4v) is 1.69. The molecule has 5 heteroatoms. The van der Waals surface area contributed by atoms with E-state index in [1.54, 1.807) is 6.07 Å². The first-order valence-electron chi connectivity index (χ1n) is 5.12. The summed E-state index contributed by atoms with van der Waals surface area (Å²) >= 11 is 3.14. The van der Waals surface area contributed by atoms with Crippen LogP contribution < -0.4 is 11.1 Å². The van der Waals surface area contributed by atoms with Crippen molar-refractivity contribution in [2.45, 2.75) is 25.8 Å². The van der Waals surface area contributed by atoms with Crippen molar-refractivity contribution >= 4 is 27.6 Å². The van der Waals surface area contributed by atoms with Crippen molar-refractivity contribution in [3.8, 4) is 0 Å². The Balaban J connectivity index is 2.17. The Morgan fingerprint density at radius 2 is 2.25 bits per heavy atom. The van der Waals surface area contributed by atoms with Gasteiger partial charge in [-0.1, -0.05) is 0 Å². The maximum atomic E-state index is 13.2. The number of aliphatic imine (C=N–C) groups is 1. The number of benzene rings is 1. The van der Waals surface area contributed by atoms with Crippen molar-refractivity contribution < 1.29 is 4.39 Å². The molecule has 0 amide bonds. The van der Waals surface area contributed by atoms with E-state index in [1.165, 1.54) is 6.07 Å². The molecule has 0 aliphatic heterocycles. The van der Waals surface area contributed by atoms with E-state index in [9.17, 15) is 4.39 Å². The molecule has 0 radical (unpaired) electrons. The molecule has 0 spiro atoms. The minimum atomic E-state index is -0.277. The highest BCUT2D eigenvalue weighted by Crippen LogP contribution is 2.25. The van der Waals surface area contributed by atoms with E-state index in [0.29, 0.717) is 16.5 Å². The van der Waals surface area contributed by atoms with Crippen LogP contribution in [0.4, 0.5) is 10.1 Å². The summed E-state index contributed by atoms with van der Waals surface area (Å²) in [5.74, 6) is 0.116. The molecule has 1 aliphatic carbocycles. The van der Waals surface area contributed by atoms with Gasteiger partial charge in [0.15, 0.2) is 5.96 Å². The van der Waals surface area contributed by atoms with Crippen LogP contribution in [0.15, 0.2) is 21.6 Å². The van der Waals surface area contributed by atoms with Crippen molar-refractivity contribution in [1.82, 2.24) is 0 Å². The van der Waals surface area contributed by atoms with E-state index in [2.05, 4.69) is 26.2 Å². The fraction of sp³-hybridized carbons (Fsp3) is 0.364. The second-order valence-electron chi connectivity index (χ2n) is 3.95. The van der Waals surface area contributed by atoms with Gasteiger partial charge in [-0.25, -0.2) is 9.38 Å². The average Bonchev–Trinajstić information content (AvgIpc) is 2.98. The van der Waals surface area contributed by atoms with Crippen LogP contribution in [0.25, 0.3) is 0 Å². The van der Waals surface area contributed by atoms with Crippen LogP contribution in [0.3, 0.4) is 0 Å². The number of rotatable bonds is 2. The molecule has 16 heavy (non-hydrogen) atoms. The molecule has 3 N–H and O–H groups in total. The van der Waals surface area contributed by atoms with Gasteiger partial charge in [-0.2, -0.15) is 0 Å². The molecule has 1 aromatic rings. The molecule has 1 aromatic carbocycles. The molecule has 1 saturated carbocycles. The number of guanidine groups is 1. The quantitative estimate of drug-likeness (QED) is 0.649. The number of nitrogens with zero attached hydrogens (tertiary/aromatic N) is 1. The van der Waals surface area contributed by atoms with E-state index in [0.717, 1.165) is 24.1 Å². The summed E-state index contributed by atoms with van der Waals surface area (Å²) in [6.45, 7) is 1.82. The van der Waals surface area contributed by atoms with Gasteiger partial charge in [-0.05, 0) is 53.4 Å². The zero-order chi connectivity index (χ0) is 11.7. The van der Waals surface area contributed by atoms with Gasteiger partial charge in [-0.3, -0.25) is 0 Å². The molecule has 0 aromatic heterocycles. The summed E-state index contributed by atoms with van der Waals surface area (Å²) in [4.78, 5) is 4.25. The maximum Gasteiger partial charge on any atom is 0.193 e. The number of nitrogens with two attached hydrogens (primary N) is 1. The predicted molar refractivity (Wildman–Crippen MR) is 67.1 cm³/mol. The molecule has 3 nitrogen and oxygen atoms in total. The van der Waals surface area contributed by atoms with Crippen LogP contribution in [0.5, 0.6) is 0 Å². The molecule has 1 aliphatic rings. The van der Waals surface area contributed by atoms with Gasteiger partial charge < -0.3 is 11.1 Å². The Hall–Kier alpha value is -1.10. The third kappa shape index (κ3) is 2.72. The summed E-state index contributed by atoms with van der Waals surface area (Å²) in [6.07, 6.45) is 2.21. The van der Waals surface area contributed by atoms with E-state index >= 15 is 0 Å². The largest absolute Gasteiger partial charge is 0.370 e. The van der Waals surface area contributed by atoms with Crippen LogP contribution in [-0.4, -0.2) is 12.0 Å². The number of aryl methyl sites for hydroxylation is 1. The van der Waals surface area contributed by atoms with Crippen molar-refractivity contribution in [1.29, 1.82) is 0 Å². The molecule has 0 heterocycles. The summed E-state index contributed by atoms with van der Waals surface area (Å²) in [5, 5.41) is 2.98. The monoisotopic (exact) mass is 285 g/mol. The van der Waals surface area contributed by atoms with E-state index in [-0.39, 0.29) is 5.82 Å². The number of nitrogens with one attached hydrogen (secondary N) is 1. The standard InChI is InChI=1S/C11H13BrFN3/c1-6-4-9(13)8(12)5-10(6)16-11(14)15-7-2-3-7/h4-5,7H,2-3H2,1H3,(H3,14,15,16). The highest BCUT2D eigenvalue weighted by Gasteiger charge is 2.20. The zero-order valence-corrected chi connectivity index (χ0v) is 10.5. The summed E-state index contributed by atoms with van der Waals surface area (Å²) in [6, 6.07) is 3.49. The van der Waals surface area contributed by atoms with Crippen molar-refractivity contribution in [3.63, 3.8) is 0 Å². The molecule has 0 unspecified atom stereocenters. The minimum Gasteiger partial charge on any atom is -0.370 e. The van der Waals surface area contributed by atoms with E-state index in [1.807, 2.05) is 6.92 Å². The summed E-state index contributed by atoms with van der Waals surface area (Å²) in [5.41, 5.74) is 7.31. The lowest BCUT2D eigenvalue weighted by atomic mass is 10.2. The predicted octanol–water partition coefficient (Wildman–Crippen LogP) is 2.79. The normalized spacial score (nSPS) is 16.3. The Kier molecular flexibility index (Phi) is 3.14. The number of hydrogen-bond acceptors (Lipinski definition) is 1. The Bertz CT molecular complexity index is 441. The van der Waals surface area contributed by atoms with Gasteiger partial charge in [0.1, 0.15) is 5.82 Å². The minimum absolute atomic E-state index is 0.277. The third-order valence-corrected chi connectivity index (χ3v) is 3.01. The number of anilines is 1. The third-order valence-electron chi connectivity index (χ3n) is 2.40. The van der Waals surface area contributed by atoms with Gasteiger partial charge in [0.25, 0.3) is 0 Å². The van der Waals surface area contributed by atoms with Crippen LogP contribution >= 0.6 is 15.9 Å². The molecule has 2 rings (SSSR count). The maximum absolute atomic E-state index is 13.2. The average molecular weight is 286 g/mol. The van der Waals surface area contributed by atoms with Crippen LogP contribution in [-0.2, 0) is 0 Å². The van der Waals surface area contributed by atoms with Gasteiger partial charge in [0, 0.05) is 5.69 Å². The number of hydrogen-bond donors (Lipinski definition) is 2. The molecule has 1 fully saturated rings. The second kappa shape index (κ2) is 4.41. The van der Waals surface area contributed by atoms with Crippen molar-refractivity contribution in [2.75, 3.05) is 5.32 Å². The van der Waals surface area contributed by atoms with Gasteiger partial charge in [-0.15, -0.1) is 0 Å². The molecule has 0 bridgehead atoms. The van der Waals surface area contributed by atoms with Crippen LogP contribution in [0.1, 0.15) is 18.4 Å². The first kappa shape index (κ1) is 11.4. The molecule has 0 atom stereocenters. The lowest BCUT2D eigenvalue weighted by Crippen LogP contribution is -2.23. The smallest absolute Gasteiger partial charge is 0.193 e. The van der Waals surface area contributed by atoms with Gasteiger partial charge in [0.05, 0.1) is 10.5 Å². The highest BCUT2D eigenvalue weighted by atomic mass is 79.9. The topological polar surface area (TPSA) is 50.4 Å². The van der Waals surface area contributed by atoms with Gasteiger partial charge in [0.2, 0.25) is 0 Å². The van der Waals surface area contributed by atoms with Crippen molar-refractivity contribution in [3.05, 3.63) is 28.0 Å². The van der Waals surface area contributed by atoms with Crippen molar-refractivity contribution in [2.24, 2.45) is 10.7 Å².